The van der Waals surface area contributed by atoms with E-state index in [9.17, 15) is 9.59 Å². The number of amides is 1. The summed E-state index contributed by atoms with van der Waals surface area (Å²) in [6, 6.07) is 16.6. The fourth-order valence-electron chi connectivity index (χ4n) is 3.53. The van der Waals surface area contributed by atoms with Gasteiger partial charge in [-0.2, -0.15) is 4.68 Å². The lowest BCUT2D eigenvalue weighted by Gasteiger charge is -2.35. The molecule has 0 spiro atoms. The van der Waals surface area contributed by atoms with E-state index in [4.69, 9.17) is 0 Å². The first-order valence-corrected chi connectivity index (χ1v) is 10.7. The Labute approximate surface area is 183 Å². The lowest BCUT2D eigenvalue weighted by Crippen LogP contribution is -2.49. The predicted octanol–water partition coefficient (Wildman–Crippen LogP) is 3.57. The van der Waals surface area contributed by atoms with Crippen LogP contribution in [0.15, 0.2) is 63.9 Å². The second kappa shape index (κ2) is 8.44. The molecular formula is C23H23BrN4O2. The van der Waals surface area contributed by atoms with Crippen LogP contribution in [0, 0.1) is 13.8 Å². The number of halogens is 1. The van der Waals surface area contributed by atoms with Gasteiger partial charge in [0.25, 0.3) is 11.5 Å². The van der Waals surface area contributed by atoms with E-state index in [1.165, 1.54) is 10.2 Å². The minimum Gasteiger partial charge on any atom is -0.352 e. The van der Waals surface area contributed by atoms with Crippen molar-refractivity contribution in [1.29, 1.82) is 0 Å². The molecule has 1 aromatic heterocycles. The SMILES string of the molecule is Cc1ccc(-n2nc(N3CCN(C(=O)c4ccc(Br)cc4)CC3)ccc2=O)cc1C. The van der Waals surface area contributed by atoms with Crippen LogP contribution >= 0.6 is 15.9 Å². The third-order valence-electron chi connectivity index (χ3n) is 5.50. The molecule has 1 aliphatic heterocycles. The van der Waals surface area contributed by atoms with Crippen LogP contribution in [-0.2, 0) is 0 Å². The topological polar surface area (TPSA) is 58.4 Å². The number of benzene rings is 2. The number of carbonyl (C=O) groups is 1. The molecular weight excluding hydrogens is 444 g/mol. The number of carbonyl (C=O) groups excluding carboxylic acids is 1. The van der Waals surface area contributed by atoms with E-state index in [1.54, 1.807) is 12.1 Å². The van der Waals surface area contributed by atoms with Gasteiger partial charge in [0, 0.05) is 42.3 Å². The monoisotopic (exact) mass is 466 g/mol. The van der Waals surface area contributed by atoms with Crippen molar-refractivity contribution in [2.45, 2.75) is 13.8 Å². The van der Waals surface area contributed by atoms with Gasteiger partial charge in [-0.1, -0.05) is 22.0 Å². The molecule has 4 rings (SSSR count). The average Bonchev–Trinajstić information content (AvgIpc) is 2.76. The van der Waals surface area contributed by atoms with Crippen molar-refractivity contribution in [3.8, 4) is 5.69 Å². The molecule has 0 atom stereocenters. The molecule has 7 heteroatoms. The summed E-state index contributed by atoms with van der Waals surface area (Å²) in [5.41, 5.74) is 3.58. The zero-order chi connectivity index (χ0) is 21.3. The Kier molecular flexibility index (Phi) is 5.72. The number of piperazine rings is 1. The summed E-state index contributed by atoms with van der Waals surface area (Å²) in [5, 5.41) is 4.60. The Bertz CT molecular complexity index is 1130. The second-order valence-electron chi connectivity index (χ2n) is 7.50. The minimum absolute atomic E-state index is 0.0372. The fourth-order valence-corrected chi connectivity index (χ4v) is 3.79. The molecule has 0 N–H and O–H groups in total. The first-order valence-electron chi connectivity index (χ1n) is 9.90. The molecule has 154 valence electrons. The van der Waals surface area contributed by atoms with Crippen molar-refractivity contribution in [3.05, 3.63) is 86.1 Å². The standard InChI is InChI=1S/C23H23BrN4O2/c1-16-3-8-20(15-17(16)2)28-22(29)10-9-21(25-28)26-11-13-27(14-12-26)23(30)18-4-6-19(24)7-5-18/h3-10,15H,11-14H2,1-2H3. The highest BCUT2D eigenvalue weighted by Gasteiger charge is 2.23. The van der Waals surface area contributed by atoms with Crippen LogP contribution in [0.4, 0.5) is 5.82 Å². The van der Waals surface area contributed by atoms with Crippen LogP contribution in [-0.4, -0.2) is 46.8 Å². The first kappa shape index (κ1) is 20.3. The fraction of sp³-hybridized carbons (Fsp3) is 0.261. The Morgan fingerprint density at radius 1 is 0.900 bits per heavy atom. The molecule has 0 saturated carbocycles. The van der Waals surface area contributed by atoms with Gasteiger partial charge in [0.1, 0.15) is 5.82 Å². The molecule has 2 aromatic carbocycles. The van der Waals surface area contributed by atoms with E-state index in [0.717, 1.165) is 21.5 Å². The van der Waals surface area contributed by atoms with E-state index in [0.29, 0.717) is 31.7 Å². The zero-order valence-electron chi connectivity index (χ0n) is 17.0. The van der Waals surface area contributed by atoms with Gasteiger partial charge in [-0.05, 0) is 67.4 Å². The van der Waals surface area contributed by atoms with E-state index >= 15 is 0 Å². The average molecular weight is 467 g/mol. The summed E-state index contributed by atoms with van der Waals surface area (Å²) in [6.07, 6.45) is 0. The second-order valence-corrected chi connectivity index (χ2v) is 8.41. The minimum atomic E-state index is -0.161. The van der Waals surface area contributed by atoms with Gasteiger partial charge in [-0.25, -0.2) is 0 Å². The van der Waals surface area contributed by atoms with E-state index < -0.39 is 0 Å². The van der Waals surface area contributed by atoms with Gasteiger partial charge < -0.3 is 9.80 Å². The molecule has 3 aromatic rings. The molecule has 1 amide bonds. The van der Waals surface area contributed by atoms with Crippen molar-refractivity contribution in [1.82, 2.24) is 14.7 Å². The van der Waals surface area contributed by atoms with Crippen molar-refractivity contribution in [3.63, 3.8) is 0 Å². The molecule has 0 aliphatic carbocycles. The smallest absolute Gasteiger partial charge is 0.271 e. The molecule has 2 heterocycles. The van der Waals surface area contributed by atoms with Crippen LogP contribution in [0.2, 0.25) is 0 Å². The maximum Gasteiger partial charge on any atom is 0.271 e. The Balaban J connectivity index is 1.49. The third-order valence-corrected chi connectivity index (χ3v) is 6.03. The molecule has 1 fully saturated rings. The quantitative estimate of drug-likeness (QED) is 0.591. The number of anilines is 1. The summed E-state index contributed by atoms with van der Waals surface area (Å²) in [4.78, 5) is 29.1. The lowest BCUT2D eigenvalue weighted by molar-refractivity contribution is 0.0746. The zero-order valence-corrected chi connectivity index (χ0v) is 18.6. The lowest BCUT2D eigenvalue weighted by atomic mass is 10.1. The molecule has 0 bridgehead atoms. The van der Waals surface area contributed by atoms with E-state index in [-0.39, 0.29) is 11.5 Å². The molecule has 6 nitrogen and oxygen atoms in total. The summed E-state index contributed by atoms with van der Waals surface area (Å²) < 4.78 is 2.40. The van der Waals surface area contributed by atoms with Crippen LogP contribution in [0.5, 0.6) is 0 Å². The van der Waals surface area contributed by atoms with Crippen molar-refractivity contribution >= 4 is 27.7 Å². The predicted molar refractivity (Wildman–Crippen MR) is 122 cm³/mol. The van der Waals surface area contributed by atoms with Gasteiger partial charge in [0.15, 0.2) is 0 Å². The number of rotatable bonds is 3. The van der Waals surface area contributed by atoms with Crippen LogP contribution in [0.1, 0.15) is 21.5 Å². The van der Waals surface area contributed by atoms with Crippen molar-refractivity contribution < 1.29 is 4.79 Å². The molecule has 1 saturated heterocycles. The maximum atomic E-state index is 12.7. The number of hydrogen-bond acceptors (Lipinski definition) is 4. The molecule has 1 aliphatic rings. The maximum absolute atomic E-state index is 12.7. The van der Waals surface area contributed by atoms with Crippen molar-refractivity contribution in [2.75, 3.05) is 31.1 Å². The first-order chi connectivity index (χ1) is 14.4. The number of hydrogen-bond donors (Lipinski definition) is 0. The van der Waals surface area contributed by atoms with Gasteiger partial charge >= 0.3 is 0 Å². The Morgan fingerprint density at radius 2 is 1.60 bits per heavy atom. The van der Waals surface area contributed by atoms with Gasteiger partial charge in [-0.15, -0.1) is 5.10 Å². The normalized spacial score (nSPS) is 14.1. The number of nitrogens with zero attached hydrogens (tertiary/aromatic N) is 4. The molecule has 0 radical (unpaired) electrons. The van der Waals surface area contributed by atoms with Crippen LogP contribution in [0.25, 0.3) is 5.69 Å². The summed E-state index contributed by atoms with van der Waals surface area (Å²) in [7, 11) is 0. The Hall–Kier alpha value is -2.93. The highest BCUT2D eigenvalue weighted by Crippen LogP contribution is 2.17. The van der Waals surface area contributed by atoms with Crippen molar-refractivity contribution in [2.24, 2.45) is 0 Å². The van der Waals surface area contributed by atoms with Gasteiger partial charge in [0.05, 0.1) is 5.69 Å². The highest BCUT2D eigenvalue weighted by atomic mass is 79.9. The van der Waals surface area contributed by atoms with Gasteiger partial charge in [-0.3, -0.25) is 9.59 Å². The summed E-state index contributed by atoms with van der Waals surface area (Å²) in [6.45, 7) is 6.62. The number of aromatic nitrogens is 2. The summed E-state index contributed by atoms with van der Waals surface area (Å²) in [5.74, 6) is 0.777. The summed E-state index contributed by atoms with van der Waals surface area (Å²) >= 11 is 3.40. The van der Waals surface area contributed by atoms with E-state index in [1.807, 2.05) is 61.2 Å². The highest BCUT2D eigenvalue weighted by molar-refractivity contribution is 9.10. The third kappa shape index (κ3) is 4.16. The van der Waals surface area contributed by atoms with Gasteiger partial charge in [0.2, 0.25) is 0 Å². The van der Waals surface area contributed by atoms with Crippen LogP contribution in [0.3, 0.4) is 0 Å². The van der Waals surface area contributed by atoms with E-state index in [2.05, 4.69) is 25.9 Å². The Morgan fingerprint density at radius 3 is 2.27 bits per heavy atom. The molecule has 30 heavy (non-hydrogen) atoms. The molecule has 0 unspecified atom stereocenters. The largest absolute Gasteiger partial charge is 0.352 e. The number of aryl methyl sites for hydroxylation is 2. The van der Waals surface area contributed by atoms with Crippen LogP contribution < -0.4 is 10.5 Å².